The fraction of sp³-hybridized carbons (Fsp3) is 0.407. The van der Waals surface area contributed by atoms with Gasteiger partial charge in [-0.05, 0) is 41.8 Å². The van der Waals surface area contributed by atoms with Gasteiger partial charge >= 0.3 is 0 Å². The minimum absolute atomic E-state index is 0.0244. The number of likely N-dealkylation sites (tertiary alicyclic amines) is 1. The van der Waals surface area contributed by atoms with Gasteiger partial charge in [0.1, 0.15) is 18.8 Å². The van der Waals surface area contributed by atoms with Gasteiger partial charge in [-0.1, -0.05) is 48.5 Å². The number of quaternary nitrogens is 1. The van der Waals surface area contributed by atoms with Gasteiger partial charge < -0.3 is 24.4 Å². The van der Waals surface area contributed by atoms with Crippen molar-refractivity contribution in [2.45, 2.75) is 25.8 Å². The predicted molar refractivity (Wildman–Crippen MR) is 131 cm³/mol. The highest BCUT2D eigenvalue weighted by atomic mass is 35.5. The topological polar surface area (TPSA) is 83.3 Å². The summed E-state index contributed by atoms with van der Waals surface area (Å²) in [6.07, 6.45) is 1.58. The fourth-order valence-corrected chi connectivity index (χ4v) is 4.73. The Morgan fingerprint density at radius 2 is 1.91 bits per heavy atom. The molecule has 186 valence electrons. The van der Waals surface area contributed by atoms with Gasteiger partial charge in [0.25, 0.3) is 5.91 Å². The van der Waals surface area contributed by atoms with Gasteiger partial charge in [0.05, 0.1) is 32.4 Å². The van der Waals surface area contributed by atoms with E-state index in [-0.39, 0.29) is 5.57 Å². The summed E-state index contributed by atoms with van der Waals surface area (Å²) >= 11 is 5.98. The first-order chi connectivity index (χ1) is 17.0. The second-order valence-corrected chi connectivity index (χ2v) is 9.30. The highest BCUT2D eigenvalue weighted by Gasteiger charge is 2.44. The van der Waals surface area contributed by atoms with E-state index in [1.165, 1.54) is 4.90 Å². The number of morpholine rings is 1. The molecule has 7 nitrogen and oxygen atoms in total. The van der Waals surface area contributed by atoms with E-state index >= 15 is 0 Å². The summed E-state index contributed by atoms with van der Waals surface area (Å²) in [5, 5.41) is 14.0. The van der Waals surface area contributed by atoms with E-state index < -0.39 is 23.5 Å². The molecule has 2 heterocycles. The van der Waals surface area contributed by atoms with Crippen molar-refractivity contribution in [2.24, 2.45) is 0 Å². The van der Waals surface area contributed by atoms with Gasteiger partial charge in [-0.3, -0.25) is 9.59 Å². The Morgan fingerprint density at radius 3 is 2.63 bits per heavy atom. The first-order valence-electron chi connectivity index (χ1n) is 12.2. The molecule has 4 rings (SSSR count). The number of nitrogens with one attached hydrogen (secondary N) is 1. The zero-order valence-corrected chi connectivity index (χ0v) is 20.7. The van der Waals surface area contributed by atoms with Crippen molar-refractivity contribution < 1.29 is 29.1 Å². The number of hydrogen-bond acceptors (Lipinski definition) is 5. The molecule has 0 aliphatic carbocycles. The number of amides is 1. The number of ketones is 1. The fourth-order valence-electron chi connectivity index (χ4n) is 4.61. The van der Waals surface area contributed by atoms with Gasteiger partial charge in [0.2, 0.25) is 5.78 Å². The van der Waals surface area contributed by atoms with Crippen molar-refractivity contribution in [1.29, 1.82) is 0 Å². The van der Waals surface area contributed by atoms with Crippen molar-refractivity contribution in [3.63, 3.8) is 0 Å². The lowest BCUT2D eigenvalue weighted by atomic mass is 9.95. The highest BCUT2D eigenvalue weighted by molar-refractivity contribution is 6.46. The third-order valence-electron chi connectivity index (χ3n) is 6.41. The number of rotatable bonds is 9. The van der Waals surface area contributed by atoms with E-state index in [2.05, 4.69) is 0 Å². The molecule has 1 unspecified atom stereocenters. The van der Waals surface area contributed by atoms with Gasteiger partial charge in [-0.2, -0.15) is 0 Å². The number of halogens is 1. The summed E-state index contributed by atoms with van der Waals surface area (Å²) in [5.74, 6) is -1.18. The molecule has 2 aliphatic heterocycles. The quantitative estimate of drug-likeness (QED) is 0.323. The molecule has 2 aromatic carbocycles. The molecule has 35 heavy (non-hydrogen) atoms. The molecule has 1 N–H and O–H groups in total. The summed E-state index contributed by atoms with van der Waals surface area (Å²) in [4.78, 5) is 29.3. The van der Waals surface area contributed by atoms with Crippen LogP contribution in [0.3, 0.4) is 0 Å². The number of carbonyl (C=O) groups is 2. The lowest BCUT2D eigenvalue weighted by molar-refractivity contribution is -0.908. The zero-order chi connectivity index (χ0) is 24.8. The van der Waals surface area contributed by atoms with Crippen LogP contribution in [0.4, 0.5) is 0 Å². The SMILES string of the molecule is CCCOc1cccc(C2/C(=C(\[O-])c3ccc(Cl)cc3)C(=O)C(=O)N2CCC[NH+]2CCOCC2)c1. The molecule has 2 aromatic rings. The van der Waals surface area contributed by atoms with E-state index in [0.717, 1.165) is 45.7 Å². The van der Waals surface area contributed by atoms with Crippen LogP contribution in [0, 0.1) is 0 Å². The molecule has 2 saturated heterocycles. The summed E-state index contributed by atoms with van der Waals surface area (Å²) in [6, 6.07) is 12.9. The van der Waals surface area contributed by atoms with Crippen LogP contribution >= 0.6 is 11.6 Å². The van der Waals surface area contributed by atoms with Crippen molar-refractivity contribution >= 4 is 29.1 Å². The first-order valence-corrected chi connectivity index (χ1v) is 12.5. The molecule has 0 spiro atoms. The molecule has 0 aromatic heterocycles. The number of nitrogens with zero attached hydrogens (tertiary/aromatic N) is 1. The lowest BCUT2D eigenvalue weighted by Gasteiger charge is -2.29. The number of benzene rings is 2. The Bertz CT molecular complexity index is 1080. The Kier molecular flexibility index (Phi) is 8.44. The van der Waals surface area contributed by atoms with Crippen LogP contribution in [0.2, 0.25) is 5.02 Å². The van der Waals surface area contributed by atoms with E-state index in [0.29, 0.717) is 35.1 Å². The number of Topliss-reactive ketones (excluding diaryl/α,β-unsaturated/α-hetero) is 1. The van der Waals surface area contributed by atoms with Crippen LogP contribution in [0.5, 0.6) is 5.75 Å². The standard InChI is InChI=1S/C27H31ClN2O5/c1-2-15-35-22-6-3-5-20(18-22)24-23(25(31)19-7-9-21(28)10-8-19)26(32)27(33)30(24)12-4-11-29-13-16-34-17-14-29/h3,5-10,18,24,31H,2,4,11-17H2,1H3/b25-23+. The maximum atomic E-state index is 13.5. The molecule has 2 fully saturated rings. The summed E-state index contributed by atoms with van der Waals surface area (Å²) in [7, 11) is 0. The van der Waals surface area contributed by atoms with Crippen molar-refractivity contribution in [3.8, 4) is 5.75 Å². The van der Waals surface area contributed by atoms with Crippen LogP contribution in [-0.4, -0.2) is 62.6 Å². The highest BCUT2D eigenvalue weighted by Crippen LogP contribution is 2.39. The van der Waals surface area contributed by atoms with Gasteiger partial charge in [-0.15, -0.1) is 0 Å². The molecule has 2 aliphatic rings. The van der Waals surface area contributed by atoms with Crippen LogP contribution in [0.15, 0.2) is 54.1 Å². The maximum Gasteiger partial charge on any atom is 0.295 e. The van der Waals surface area contributed by atoms with Crippen molar-refractivity contribution in [1.82, 2.24) is 4.90 Å². The van der Waals surface area contributed by atoms with E-state index in [9.17, 15) is 14.7 Å². The smallest absolute Gasteiger partial charge is 0.295 e. The maximum absolute atomic E-state index is 13.5. The van der Waals surface area contributed by atoms with Crippen LogP contribution in [0.25, 0.3) is 5.76 Å². The predicted octanol–water partition coefficient (Wildman–Crippen LogP) is 1.66. The summed E-state index contributed by atoms with van der Waals surface area (Å²) < 4.78 is 11.2. The number of carbonyl (C=O) groups excluding carboxylic acids is 2. The lowest BCUT2D eigenvalue weighted by Crippen LogP contribution is -3.14. The summed E-state index contributed by atoms with van der Waals surface area (Å²) in [6.45, 7) is 7.16. The molecule has 8 heteroatoms. The normalized spacial score (nSPS) is 20.4. The Morgan fingerprint density at radius 1 is 1.17 bits per heavy atom. The molecule has 1 amide bonds. The monoisotopic (exact) mass is 498 g/mol. The molecule has 1 atom stereocenters. The van der Waals surface area contributed by atoms with Crippen molar-refractivity contribution in [3.05, 3.63) is 70.3 Å². The Hall–Kier alpha value is -2.87. The summed E-state index contributed by atoms with van der Waals surface area (Å²) in [5.41, 5.74) is 0.992. The zero-order valence-electron chi connectivity index (χ0n) is 19.9. The van der Waals surface area contributed by atoms with Gasteiger partial charge in [0, 0.05) is 23.6 Å². The molecule has 0 saturated carbocycles. The average Bonchev–Trinajstić information content (AvgIpc) is 3.13. The van der Waals surface area contributed by atoms with Gasteiger partial charge in [0.15, 0.2) is 0 Å². The van der Waals surface area contributed by atoms with E-state index in [4.69, 9.17) is 21.1 Å². The van der Waals surface area contributed by atoms with Crippen LogP contribution in [0.1, 0.15) is 36.9 Å². The largest absolute Gasteiger partial charge is 0.872 e. The number of ether oxygens (including phenoxy) is 2. The second-order valence-electron chi connectivity index (χ2n) is 8.87. The Balaban J connectivity index is 1.67. The second kappa shape index (κ2) is 11.7. The van der Waals surface area contributed by atoms with E-state index in [1.807, 2.05) is 31.2 Å². The Labute approximate surface area is 210 Å². The van der Waals surface area contributed by atoms with Gasteiger partial charge in [-0.25, -0.2) is 0 Å². The van der Waals surface area contributed by atoms with Crippen LogP contribution < -0.4 is 14.7 Å². The van der Waals surface area contributed by atoms with Crippen LogP contribution in [-0.2, 0) is 14.3 Å². The molecular weight excluding hydrogens is 468 g/mol. The molecule has 0 radical (unpaired) electrons. The molecule has 0 bridgehead atoms. The van der Waals surface area contributed by atoms with E-state index in [1.54, 1.807) is 29.2 Å². The van der Waals surface area contributed by atoms with Crippen molar-refractivity contribution in [2.75, 3.05) is 46.0 Å². The molecular formula is C27H31ClN2O5. The third kappa shape index (κ3) is 5.86. The first kappa shape index (κ1) is 25.2. The minimum Gasteiger partial charge on any atom is -0.872 e. The average molecular weight is 499 g/mol. The third-order valence-corrected chi connectivity index (χ3v) is 6.66. The number of hydrogen-bond donors (Lipinski definition) is 1. The minimum atomic E-state index is -0.761.